The Balaban J connectivity index is 2.28. The van der Waals surface area contributed by atoms with Crippen LogP contribution in [0.1, 0.15) is 17.5 Å². The molecule has 2 nitrogen and oxygen atoms in total. The third-order valence-corrected chi connectivity index (χ3v) is 3.60. The van der Waals surface area contributed by atoms with E-state index in [2.05, 4.69) is 4.98 Å². The van der Waals surface area contributed by atoms with Crippen molar-refractivity contribution in [2.75, 3.05) is 0 Å². The molecule has 84 valence electrons. The number of rotatable bonds is 3. The van der Waals surface area contributed by atoms with Crippen LogP contribution in [0.2, 0.25) is 5.02 Å². The van der Waals surface area contributed by atoms with Crippen LogP contribution < -0.4 is 5.73 Å². The van der Waals surface area contributed by atoms with Crippen LogP contribution in [0.4, 0.5) is 0 Å². The largest absolute Gasteiger partial charge is 0.321 e. The van der Waals surface area contributed by atoms with Gasteiger partial charge in [-0.05, 0) is 18.6 Å². The smallest absolute Gasteiger partial charge is 0.0946 e. The number of nitrogens with two attached hydrogens (primary N) is 1. The lowest BCUT2D eigenvalue weighted by Gasteiger charge is -2.25. The van der Waals surface area contributed by atoms with Crippen molar-refractivity contribution in [3.05, 3.63) is 51.4 Å². The third-order valence-electron chi connectivity index (χ3n) is 2.49. The molecule has 0 radical (unpaired) electrons. The zero-order valence-corrected chi connectivity index (χ0v) is 10.6. The van der Waals surface area contributed by atoms with Crippen LogP contribution in [0.25, 0.3) is 0 Å². The van der Waals surface area contributed by atoms with Crippen molar-refractivity contribution in [2.24, 2.45) is 5.73 Å². The maximum atomic E-state index is 6.31. The van der Waals surface area contributed by atoms with E-state index in [1.54, 1.807) is 17.5 Å². The molecule has 1 unspecified atom stereocenters. The van der Waals surface area contributed by atoms with Gasteiger partial charge in [-0.1, -0.05) is 29.8 Å². The van der Waals surface area contributed by atoms with Crippen molar-refractivity contribution in [3.63, 3.8) is 0 Å². The predicted octanol–water partition coefficient (Wildman–Crippen LogP) is 3.21. The van der Waals surface area contributed by atoms with Crippen LogP contribution >= 0.6 is 22.9 Å². The summed E-state index contributed by atoms with van der Waals surface area (Å²) in [6, 6.07) is 7.69. The number of hydrogen-bond donors (Lipinski definition) is 1. The van der Waals surface area contributed by atoms with Gasteiger partial charge in [0.05, 0.1) is 5.01 Å². The Bertz CT molecular complexity index is 466. The second-order valence-electron chi connectivity index (χ2n) is 4.00. The summed E-state index contributed by atoms with van der Waals surface area (Å²) in [5, 5.41) is 3.70. The van der Waals surface area contributed by atoms with E-state index in [4.69, 9.17) is 17.3 Å². The number of thiazole rings is 1. The van der Waals surface area contributed by atoms with E-state index in [-0.39, 0.29) is 0 Å². The van der Waals surface area contributed by atoms with E-state index in [0.29, 0.717) is 11.4 Å². The zero-order valence-electron chi connectivity index (χ0n) is 8.98. The summed E-state index contributed by atoms with van der Waals surface area (Å²) in [6.07, 6.45) is 2.50. The number of benzene rings is 1. The van der Waals surface area contributed by atoms with Gasteiger partial charge in [0, 0.05) is 28.6 Å². The van der Waals surface area contributed by atoms with Crippen LogP contribution in [0.15, 0.2) is 35.8 Å². The fourth-order valence-electron chi connectivity index (χ4n) is 1.67. The van der Waals surface area contributed by atoms with Crippen molar-refractivity contribution >= 4 is 22.9 Å². The monoisotopic (exact) mass is 252 g/mol. The minimum atomic E-state index is -0.476. The molecule has 0 saturated heterocycles. The molecule has 2 aromatic rings. The third kappa shape index (κ3) is 2.43. The van der Waals surface area contributed by atoms with Crippen molar-refractivity contribution in [3.8, 4) is 0 Å². The SMILES string of the molecule is CC(N)(Cc1nccs1)c1ccccc1Cl. The molecule has 1 atom stereocenters. The van der Waals surface area contributed by atoms with Crippen LogP contribution in [-0.2, 0) is 12.0 Å². The van der Waals surface area contributed by atoms with Gasteiger partial charge in [0.1, 0.15) is 0 Å². The highest BCUT2D eigenvalue weighted by atomic mass is 35.5. The highest BCUT2D eigenvalue weighted by Gasteiger charge is 2.24. The first kappa shape index (κ1) is 11.6. The summed E-state index contributed by atoms with van der Waals surface area (Å²) in [7, 11) is 0. The van der Waals surface area contributed by atoms with E-state index in [1.165, 1.54) is 0 Å². The molecule has 2 rings (SSSR count). The van der Waals surface area contributed by atoms with Gasteiger partial charge in [0.2, 0.25) is 0 Å². The summed E-state index contributed by atoms with van der Waals surface area (Å²) < 4.78 is 0. The van der Waals surface area contributed by atoms with Crippen LogP contribution in [0.5, 0.6) is 0 Å². The first-order valence-electron chi connectivity index (χ1n) is 5.02. The first-order valence-corrected chi connectivity index (χ1v) is 6.27. The van der Waals surface area contributed by atoms with E-state index in [0.717, 1.165) is 10.6 Å². The number of halogens is 1. The van der Waals surface area contributed by atoms with Crippen molar-refractivity contribution in [1.82, 2.24) is 4.98 Å². The Labute approximate surface area is 104 Å². The molecule has 16 heavy (non-hydrogen) atoms. The molecular formula is C12H13ClN2S. The Morgan fingerprint density at radius 1 is 1.44 bits per heavy atom. The van der Waals surface area contributed by atoms with Gasteiger partial charge in [-0.15, -0.1) is 11.3 Å². The minimum absolute atomic E-state index is 0.476. The summed E-state index contributed by atoms with van der Waals surface area (Å²) in [5.74, 6) is 0. The molecule has 4 heteroatoms. The van der Waals surface area contributed by atoms with Crippen molar-refractivity contribution < 1.29 is 0 Å². The molecule has 0 bridgehead atoms. The number of aromatic nitrogens is 1. The van der Waals surface area contributed by atoms with E-state index in [9.17, 15) is 0 Å². The van der Waals surface area contributed by atoms with Gasteiger partial charge in [-0.2, -0.15) is 0 Å². The number of nitrogens with zero attached hydrogens (tertiary/aromatic N) is 1. The normalized spacial score (nSPS) is 14.7. The molecule has 1 heterocycles. The lowest BCUT2D eigenvalue weighted by molar-refractivity contribution is 0.490. The lowest BCUT2D eigenvalue weighted by Crippen LogP contribution is -2.35. The minimum Gasteiger partial charge on any atom is -0.321 e. The second-order valence-corrected chi connectivity index (χ2v) is 5.39. The van der Waals surface area contributed by atoms with Crippen molar-refractivity contribution in [2.45, 2.75) is 18.9 Å². The average Bonchev–Trinajstić information content (AvgIpc) is 2.70. The highest BCUT2D eigenvalue weighted by molar-refractivity contribution is 7.09. The Morgan fingerprint density at radius 3 is 2.81 bits per heavy atom. The topological polar surface area (TPSA) is 38.9 Å². The Kier molecular flexibility index (Phi) is 3.28. The van der Waals surface area contributed by atoms with Crippen LogP contribution in [0, 0.1) is 0 Å². The van der Waals surface area contributed by atoms with Gasteiger partial charge in [0.15, 0.2) is 0 Å². The fourth-order valence-corrected chi connectivity index (χ4v) is 2.81. The van der Waals surface area contributed by atoms with E-state index < -0.39 is 5.54 Å². The van der Waals surface area contributed by atoms with Gasteiger partial charge in [0.25, 0.3) is 0 Å². The molecular weight excluding hydrogens is 240 g/mol. The molecule has 1 aromatic heterocycles. The maximum Gasteiger partial charge on any atom is 0.0946 e. The summed E-state index contributed by atoms with van der Waals surface area (Å²) in [5.41, 5.74) is 6.80. The van der Waals surface area contributed by atoms with Gasteiger partial charge in [-0.25, -0.2) is 4.98 Å². The molecule has 2 N–H and O–H groups in total. The predicted molar refractivity (Wildman–Crippen MR) is 68.8 cm³/mol. The van der Waals surface area contributed by atoms with E-state index in [1.807, 2.05) is 36.6 Å². The van der Waals surface area contributed by atoms with Gasteiger partial charge in [-0.3, -0.25) is 0 Å². The van der Waals surface area contributed by atoms with Crippen LogP contribution in [-0.4, -0.2) is 4.98 Å². The molecule has 0 fully saturated rings. The zero-order chi connectivity index (χ0) is 11.6. The summed E-state index contributed by atoms with van der Waals surface area (Å²) >= 11 is 7.77. The second kappa shape index (κ2) is 4.53. The molecule has 0 amide bonds. The van der Waals surface area contributed by atoms with Crippen molar-refractivity contribution in [1.29, 1.82) is 0 Å². The number of hydrogen-bond acceptors (Lipinski definition) is 3. The first-order chi connectivity index (χ1) is 7.59. The van der Waals surface area contributed by atoms with E-state index >= 15 is 0 Å². The molecule has 0 spiro atoms. The quantitative estimate of drug-likeness (QED) is 0.911. The molecule has 0 saturated carbocycles. The lowest BCUT2D eigenvalue weighted by atomic mass is 9.90. The standard InChI is InChI=1S/C12H13ClN2S/c1-12(14,8-11-15-6-7-16-11)9-4-2-3-5-10(9)13/h2-7H,8,14H2,1H3. The molecule has 0 aliphatic carbocycles. The summed E-state index contributed by atoms with van der Waals surface area (Å²) in [6.45, 7) is 1.98. The molecule has 1 aromatic carbocycles. The van der Waals surface area contributed by atoms with Crippen LogP contribution in [0.3, 0.4) is 0 Å². The Hall–Kier alpha value is -0.900. The van der Waals surface area contributed by atoms with Gasteiger partial charge < -0.3 is 5.73 Å². The Morgan fingerprint density at radius 2 is 2.19 bits per heavy atom. The summed E-state index contributed by atoms with van der Waals surface area (Å²) in [4.78, 5) is 4.25. The molecule has 0 aliphatic heterocycles. The maximum absolute atomic E-state index is 6.31. The fraction of sp³-hybridized carbons (Fsp3) is 0.250. The molecule has 0 aliphatic rings. The highest BCUT2D eigenvalue weighted by Crippen LogP contribution is 2.29. The average molecular weight is 253 g/mol. The van der Waals surface area contributed by atoms with Gasteiger partial charge >= 0.3 is 0 Å².